The molecular weight excluding hydrogens is 628 g/mol. The molecule has 3 N–H and O–H groups in total. The van der Waals surface area contributed by atoms with Crippen molar-refractivity contribution in [3.63, 3.8) is 0 Å². The molecule has 2 aromatic carbocycles. The Morgan fingerprint density at radius 2 is 1.61 bits per heavy atom. The van der Waals surface area contributed by atoms with Gasteiger partial charge >= 0.3 is 0 Å². The maximum atomic E-state index is 13.1. The highest BCUT2D eigenvalue weighted by Crippen LogP contribution is 2.33. The number of carbonyl (C=O) groups excluding carboxylic acids is 7. The van der Waals surface area contributed by atoms with Gasteiger partial charge in [-0.1, -0.05) is 36.4 Å². The summed E-state index contributed by atoms with van der Waals surface area (Å²) in [6.45, 7) is 3.78. The first-order valence-electron chi connectivity index (χ1n) is 16.8. The van der Waals surface area contributed by atoms with Crippen molar-refractivity contribution in [2.24, 2.45) is 0 Å². The lowest BCUT2D eigenvalue weighted by Crippen LogP contribution is -2.52. The number of benzene rings is 2. The van der Waals surface area contributed by atoms with Gasteiger partial charge in [0.15, 0.2) is 11.6 Å². The van der Waals surface area contributed by atoms with Crippen molar-refractivity contribution in [3.05, 3.63) is 77.0 Å². The first-order chi connectivity index (χ1) is 23.7. The third kappa shape index (κ3) is 7.78. The minimum atomic E-state index is -0.750. The van der Waals surface area contributed by atoms with Crippen LogP contribution in [0, 0.1) is 0 Å². The number of fused-ring (bicyclic) bond motifs is 1. The molecule has 1 aliphatic carbocycles. The van der Waals surface area contributed by atoms with E-state index in [1.807, 2.05) is 30.3 Å². The van der Waals surface area contributed by atoms with Crippen LogP contribution in [0.4, 0.5) is 5.69 Å². The van der Waals surface area contributed by atoms with Crippen LogP contribution < -0.4 is 16.0 Å². The number of rotatable bonds is 10. The zero-order valence-electron chi connectivity index (χ0n) is 27.2. The lowest BCUT2D eigenvalue weighted by atomic mass is 9.80. The number of nitrogens with one attached hydrogen (secondary N) is 3. The topological polar surface area (TPSA) is 165 Å². The van der Waals surface area contributed by atoms with Crippen LogP contribution in [0.1, 0.15) is 65.9 Å². The van der Waals surface area contributed by atoms with Gasteiger partial charge in [-0.15, -0.1) is 0 Å². The SMILES string of the molecule is O=C1CCC(N2Cc3c(NC(=O)CCC(=O)N4CCN(CCNC=C5C(=O)CC(c6ccccc6)CC5=O)CC4)cccc3C2=O)C(=O)N1. The van der Waals surface area contributed by atoms with Crippen LogP contribution in [-0.4, -0.2) is 101 Å². The molecule has 0 spiro atoms. The molecule has 6 rings (SSSR count). The zero-order valence-corrected chi connectivity index (χ0v) is 27.2. The predicted molar refractivity (Wildman–Crippen MR) is 178 cm³/mol. The second kappa shape index (κ2) is 14.9. The van der Waals surface area contributed by atoms with Gasteiger partial charge in [0, 0.05) is 101 Å². The van der Waals surface area contributed by atoms with E-state index in [0.717, 1.165) is 5.56 Å². The van der Waals surface area contributed by atoms with Gasteiger partial charge < -0.3 is 20.4 Å². The van der Waals surface area contributed by atoms with E-state index in [-0.39, 0.29) is 78.9 Å². The van der Waals surface area contributed by atoms with Gasteiger partial charge in [-0.05, 0) is 30.0 Å². The summed E-state index contributed by atoms with van der Waals surface area (Å²) in [5.74, 6) is -2.01. The molecule has 0 radical (unpaired) electrons. The number of piperazine rings is 1. The van der Waals surface area contributed by atoms with Crippen LogP contribution in [0.25, 0.3) is 0 Å². The van der Waals surface area contributed by atoms with Crippen LogP contribution in [0.5, 0.6) is 0 Å². The fourth-order valence-electron chi connectivity index (χ4n) is 6.93. The Morgan fingerprint density at radius 1 is 0.878 bits per heavy atom. The monoisotopic (exact) mass is 668 g/mol. The van der Waals surface area contributed by atoms with Crippen molar-refractivity contribution >= 4 is 46.8 Å². The lowest BCUT2D eigenvalue weighted by Gasteiger charge is -2.34. The third-order valence-corrected chi connectivity index (χ3v) is 9.70. The first kappa shape index (κ1) is 33.7. The van der Waals surface area contributed by atoms with Gasteiger partial charge in [0.2, 0.25) is 23.6 Å². The van der Waals surface area contributed by atoms with Gasteiger partial charge in [0.05, 0.1) is 5.57 Å². The summed E-state index contributed by atoms with van der Waals surface area (Å²) in [5, 5.41) is 8.24. The second-order valence-corrected chi connectivity index (χ2v) is 12.9. The van der Waals surface area contributed by atoms with Gasteiger partial charge in [-0.25, -0.2) is 0 Å². The van der Waals surface area contributed by atoms with E-state index in [1.165, 1.54) is 4.90 Å². The molecule has 49 heavy (non-hydrogen) atoms. The summed E-state index contributed by atoms with van der Waals surface area (Å²) < 4.78 is 0. The van der Waals surface area contributed by atoms with E-state index in [9.17, 15) is 33.6 Å². The summed E-state index contributed by atoms with van der Waals surface area (Å²) in [4.78, 5) is 93.4. The number of allylic oxidation sites excluding steroid dienone is 1. The van der Waals surface area contributed by atoms with Crippen LogP contribution in [0.2, 0.25) is 0 Å². The lowest BCUT2D eigenvalue weighted by molar-refractivity contribution is -0.137. The Kier molecular flexibility index (Phi) is 10.3. The zero-order chi connectivity index (χ0) is 34.5. The summed E-state index contributed by atoms with van der Waals surface area (Å²) in [6, 6.07) is 13.9. The molecule has 2 aromatic rings. The summed E-state index contributed by atoms with van der Waals surface area (Å²) in [5.41, 5.74) is 2.70. The van der Waals surface area contributed by atoms with Crippen molar-refractivity contribution in [2.75, 3.05) is 44.6 Å². The molecule has 13 heteroatoms. The van der Waals surface area contributed by atoms with Crippen molar-refractivity contribution in [2.45, 2.75) is 57.0 Å². The second-order valence-electron chi connectivity index (χ2n) is 12.9. The van der Waals surface area contributed by atoms with Crippen molar-refractivity contribution in [1.29, 1.82) is 0 Å². The molecule has 3 heterocycles. The molecule has 256 valence electrons. The van der Waals surface area contributed by atoms with Crippen LogP contribution in [0.3, 0.4) is 0 Å². The Hall–Kier alpha value is -5.17. The van der Waals surface area contributed by atoms with E-state index in [1.54, 1.807) is 29.3 Å². The molecular formula is C36H40N6O7. The average molecular weight is 669 g/mol. The van der Waals surface area contributed by atoms with Gasteiger partial charge in [-0.3, -0.25) is 43.8 Å². The van der Waals surface area contributed by atoms with E-state index in [4.69, 9.17) is 0 Å². The Bertz CT molecular complexity index is 1680. The fourth-order valence-corrected chi connectivity index (χ4v) is 6.93. The summed E-state index contributed by atoms with van der Waals surface area (Å²) in [6.07, 6.45) is 2.62. The third-order valence-electron chi connectivity index (χ3n) is 9.70. The van der Waals surface area contributed by atoms with E-state index in [2.05, 4.69) is 20.9 Å². The predicted octanol–water partition coefficient (Wildman–Crippen LogP) is 1.50. The highest BCUT2D eigenvalue weighted by atomic mass is 16.2. The van der Waals surface area contributed by atoms with E-state index < -0.39 is 11.9 Å². The number of amides is 5. The minimum Gasteiger partial charge on any atom is -0.389 e. The number of imide groups is 1. The number of anilines is 1. The number of piperidine rings is 1. The van der Waals surface area contributed by atoms with Crippen molar-refractivity contribution in [3.8, 4) is 0 Å². The molecule has 1 unspecified atom stereocenters. The molecule has 5 amide bonds. The number of hydrogen-bond donors (Lipinski definition) is 3. The largest absolute Gasteiger partial charge is 0.389 e. The minimum absolute atomic E-state index is 0.0182. The average Bonchev–Trinajstić information content (AvgIpc) is 3.43. The quantitative estimate of drug-likeness (QED) is 0.147. The maximum Gasteiger partial charge on any atom is 0.255 e. The van der Waals surface area contributed by atoms with Crippen molar-refractivity contribution < 1.29 is 33.6 Å². The number of Topliss-reactive ketones (excluding diaryl/α,β-unsaturated/α-hetero) is 2. The molecule has 1 saturated carbocycles. The van der Waals surface area contributed by atoms with Gasteiger partial charge in [0.25, 0.3) is 5.91 Å². The molecule has 13 nitrogen and oxygen atoms in total. The first-order valence-corrected chi connectivity index (χ1v) is 16.8. The number of carbonyl (C=O) groups is 7. The standard InChI is InChI=1S/C36H40N6O7/c43-30-19-24(23-5-2-1-3-6-23)20-31(44)26(30)21-37-13-14-40-15-17-41(18-16-40)34(47)12-11-32(45)38-28-8-4-7-25-27(28)22-42(36(25)49)29-9-10-33(46)39-35(29)48/h1-8,21,24,29,37H,9-20,22H2,(H,38,45)(H,39,46,48). The fraction of sp³-hybridized carbons (Fsp3) is 0.417. The maximum absolute atomic E-state index is 13.1. The van der Waals surface area contributed by atoms with Gasteiger partial charge in [0.1, 0.15) is 6.04 Å². The molecule has 3 fully saturated rings. The Balaban J connectivity index is 0.903. The molecule has 2 saturated heterocycles. The number of nitrogens with zero attached hydrogens (tertiary/aromatic N) is 3. The molecule has 4 aliphatic rings. The Morgan fingerprint density at radius 3 is 2.33 bits per heavy atom. The molecule has 1 atom stereocenters. The normalized spacial score (nSPS) is 21.4. The highest BCUT2D eigenvalue weighted by molar-refractivity contribution is 6.22. The smallest absolute Gasteiger partial charge is 0.255 e. The van der Waals surface area contributed by atoms with Crippen LogP contribution in [0.15, 0.2) is 60.3 Å². The molecule has 3 aliphatic heterocycles. The van der Waals surface area contributed by atoms with E-state index in [0.29, 0.717) is 68.9 Å². The highest BCUT2D eigenvalue weighted by Gasteiger charge is 2.40. The summed E-state index contributed by atoms with van der Waals surface area (Å²) in [7, 11) is 0. The number of ketones is 2. The van der Waals surface area contributed by atoms with Gasteiger partial charge in [-0.2, -0.15) is 0 Å². The van der Waals surface area contributed by atoms with Crippen molar-refractivity contribution in [1.82, 2.24) is 25.3 Å². The van der Waals surface area contributed by atoms with Crippen LogP contribution in [-0.2, 0) is 35.3 Å². The van der Waals surface area contributed by atoms with E-state index >= 15 is 0 Å². The number of hydrogen-bond acceptors (Lipinski definition) is 9. The summed E-state index contributed by atoms with van der Waals surface area (Å²) >= 11 is 0. The van der Waals surface area contributed by atoms with Crippen LogP contribution >= 0.6 is 0 Å². The molecule has 0 bridgehead atoms. The molecule has 0 aromatic heterocycles. The Labute approximate surface area is 284 Å².